The fourth-order valence-electron chi connectivity index (χ4n) is 3.51. The molecule has 31 heavy (non-hydrogen) atoms. The van der Waals surface area contributed by atoms with Crippen LogP contribution in [0.3, 0.4) is 0 Å². The lowest BCUT2D eigenvalue weighted by atomic mass is 10.1. The molecule has 0 aromatic heterocycles. The highest BCUT2D eigenvalue weighted by Crippen LogP contribution is 2.20. The Hall–Kier alpha value is -3.32. The number of nitrogens with zero attached hydrogens (tertiary/aromatic N) is 2. The van der Waals surface area contributed by atoms with Crippen LogP contribution in [0.5, 0.6) is 5.75 Å². The highest BCUT2D eigenvalue weighted by molar-refractivity contribution is 5.93. The van der Waals surface area contributed by atoms with Crippen molar-refractivity contribution in [1.82, 2.24) is 15.8 Å². The SMILES string of the molecule is COc1ccc(C)cc1/C=C/C(=O)NNC(=O)CCN1CCN(c2ccccc2)CC1. The average Bonchev–Trinajstić information content (AvgIpc) is 2.81. The molecule has 1 aliphatic rings. The number of hydrogen-bond donors (Lipinski definition) is 2. The number of nitrogens with one attached hydrogen (secondary N) is 2. The van der Waals surface area contributed by atoms with Crippen molar-refractivity contribution in [2.75, 3.05) is 44.7 Å². The smallest absolute Gasteiger partial charge is 0.262 e. The van der Waals surface area contributed by atoms with Crippen molar-refractivity contribution >= 4 is 23.6 Å². The minimum atomic E-state index is -0.395. The van der Waals surface area contributed by atoms with Gasteiger partial charge in [0, 0.05) is 56.5 Å². The number of hydrazine groups is 1. The Morgan fingerprint density at radius 1 is 1.03 bits per heavy atom. The van der Waals surface area contributed by atoms with Crippen LogP contribution in [0.15, 0.2) is 54.6 Å². The van der Waals surface area contributed by atoms with Crippen LogP contribution in [0.25, 0.3) is 6.08 Å². The van der Waals surface area contributed by atoms with Gasteiger partial charge < -0.3 is 9.64 Å². The van der Waals surface area contributed by atoms with E-state index in [-0.39, 0.29) is 5.91 Å². The van der Waals surface area contributed by atoms with Gasteiger partial charge in [-0.05, 0) is 37.3 Å². The van der Waals surface area contributed by atoms with Crippen molar-refractivity contribution in [3.8, 4) is 5.75 Å². The van der Waals surface area contributed by atoms with Crippen LogP contribution < -0.4 is 20.5 Å². The zero-order valence-electron chi connectivity index (χ0n) is 18.1. The molecule has 0 saturated carbocycles. The van der Waals surface area contributed by atoms with E-state index in [1.807, 2.05) is 43.3 Å². The van der Waals surface area contributed by atoms with E-state index < -0.39 is 5.91 Å². The minimum absolute atomic E-state index is 0.208. The van der Waals surface area contributed by atoms with Gasteiger partial charge in [-0.3, -0.25) is 25.3 Å². The zero-order valence-corrected chi connectivity index (χ0v) is 18.1. The average molecular weight is 423 g/mol. The molecule has 3 rings (SSSR count). The number of anilines is 1. The molecule has 0 unspecified atom stereocenters. The first-order chi connectivity index (χ1) is 15.0. The fraction of sp³-hybridized carbons (Fsp3) is 0.333. The van der Waals surface area contributed by atoms with E-state index in [1.165, 1.54) is 11.8 Å². The van der Waals surface area contributed by atoms with E-state index in [4.69, 9.17) is 4.74 Å². The van der Waals surface area contributed by atoms with Gasteiger partial charge >= 0.3 is 0 Å². The van der Waals surface area contributed by atoms with Crippen LogP contribution in [0.2, 0.25) is 0 Å². The van der Waals surface area contributed by atoms with Gasteiger partial charge in [-0.2, -0.15) is 0 Å². The molecule has 1 saturated heterocycles. The fourth-order valence-corrected chi connectivity index (χ4v) is 3.51. The monoisotopic (exact) mass is 422 g/mol. The molecule has 2 amide bonds. The molecule has 164 valence electrons. The molecule has 0 atom stereocenters. The molecule has 1 fully saturated rings. The first kappa shape index (κ1) is 22.4. The zero-order chi connectivity index (χ0) is 22.1. The third kappa shape index (κ3) is 6.86. The quantitative estimate of drug-likeness (QED) is 0.529. The Morgan fingerprint density at radius 2 is 1.77 bits per heavy atom. The number of hydrogen-bond acceptors (Lipinski definition) is 5. The van der Waals surface area contributed by atoms with Crippen molar-refractivity contribution in [3.05, 3.63) is 65.7 Å². The predicted molar refractivity (Wildman–Crippen MR) is 123 cm³/mol. The summed E-state index contributed by atoms with van der Waals surface area (Å²) in [6, 6.07) is 16.1. The molecule has 0 radical (unpaired) electrons. The van der Waals surface area contributed by atoms with Crippen LogP contribution >= 0.6 is 0 Å². The van der Waals surface area contributed by atoms with E-state index in [0.29, 0.717) is 18.7 Å². The summed E-state index contributed by atoms with van der Waals surface area (Å²) in [6.45, 7) is 6.34. The van der Waals surface area contributed by atoms with Gasteiger partial charge in [0.25, 0.3) is 5.91 Å². The van der Waals surface area contributed by atoms with Crippen molar-refractivity contribution in [3.63, 3.8) is 0 Å². The number of benzene rings is 2. The van der Waals surface area contributed by atoms with Gasteiger partial charge in [0.15, 0.2) is 0 Å². The Labute approximate surface area is 183 Å². The number of para-hydroxylation sites is 1. The number of methoxy groups -OCH3 is 1. The van der Waals surface area contributed by atoms with Crippen molar-refractivity contribution in [1.29, 1.82) is 0 Å². The summed E-state index contributed by atoms with van der Waals surface area (Å²) in [6.07, 6.45) is 3.38. The Morgan fingerprint density at radius 3 is 2.48 bits per heavy atom. The molecule has 7 nitrogen and oxygen atoms in total. The largest absolute Gasteiger partial charge is 0.496 e. The van der Waals surface area contributed by atoms with Crippen LogP contribution in [-0.2, 0) is 9.59 Å². The Kier molecular flexibility index (Phi) is 8.06. The Bertz CT molecular complexity index is 906. The van der Waals surface area contributed by atoms with Crippen LogP contribution in [-0.4, -0.2) is 56.5 Å². The van der Waals surface area contributed by atoms with Gasteiger partial charge in [0.05, 0.1) is 7.11 Å². The lowest BCUT2D eigenvalue weighted by molar-refractivity contribution is -0.127. The summed E-state index contributed by atoms with van der Waals surface area (Å²) in [5, 5.41) is 0. The maximum Gasteiger partial charge on any atom is 0.262 e. The molecule has 0 spiro atoms. The van der Waals surface area contributed by atoms with Gasteiger partial charge in [0.2, 0.25) is 5.91 Å². The van der Waals surface area contributed by atoms with E-state index in [2.05, 4.69) is 32.8 Å². The van der Waals surface area contributed by atoms with E-state index in [0.717, 1.165) is 37.3 Å². The first-order valence-corrected chi connectivity index (χ1v) is 10.5. The highest BCUT2D eigenvalue weighted by Gasteiger charge is 2.17. The number of piperazine rings is 1. The topological polar surface area (TPSA) is 73.9 Å². The molecule has 2 aromatic carbocycles. The molecular formula is C24H30N4O3. The molecule has 0 aliphatic carbocycles. The minimum Gasteiger partial charge on any atom is -0.496 e. The highest BCUT2D eigenvalue weighted by atomic mass is 16.5. The van der Waals surface area contributed by atoms with Crippen LogP contribution in [0.1, 0.15) is 17.5 Å². The molecule has 2 N–H and O–H groups in total. The maximum absolute atomic E-state index is 12.1. The summed E-state index contributed by atoms with van der Waals surface area (Å²) in [7, 11) is 1.59. The number of aryl methyl sites for hydroxylation is 1. The summed E-state index contributed by atoms with van der Waals surface area (Å²) in [4.78, 5) is 28.7. The lowest BCUT2D eigenvalue weighted by Crippen LogP contribution is -2.48. The number of amides is 2. The molecule has 2 aromatic rings. The molecule has 1 aliphatic heterocycles. The Balaban J connectivity index is 1.36. The van der Waals surface area contributed by atoms with Crippen molar-refractivity contribution in [2.45, 2.75) is 13.3 Å². The van der Waals surface area contributed by atoms with Gasteiger partial charge in [-0.25, -0.2) is 0 Å². The maximum atomic E-state index is 12.1. The summed E-state index contributed by atoms with van der Waals surface area (Å²) in [5.74, 6) is 0.0832. The van der Waals surface area contributed by atoms with Crippen LogP contribution in [0, 0.1) is 6.92 Å². The molecule has 0 bridgehead atoms. The van der Waals surface area contributed by atoms with Crippen molar-refractivity contribution in [2.24, 2.45) is 0 Å². The normalized spacial score (nSPS) is 14.5. The number of ether oxygens (including phenoxy) is 1. The summed E-state index contributed by atoms with van der Waals surface area (Å²) >= 11 is 0. The van der Waals surface area contributed by atoms with E-state index >= 15 is 0 Å². The summed E-state index contributed by atoms with van der Waals surface area (Å²) in [5.41, 5.74) is 8.01. The number of carbonyl (C=O) groups excluding carboxylic acids is 2. The second kappa shape index (κ2) is 11.2. The van der Waals surface area contributed by atoms with E-state index in [1.54, 1.807) is 13.2 Å². The number of carbonyl (C=O) groups is 2. The third-order valence-electron chi connectivity index (χ3n) is 5.27. The van der Waals surface area contributed by atoms with Gasteiger partial charge in [-0.1, -0.05) is 29.8 Å². The molecule has 7 heteroatoms. The molecular weight excluding hydrogens is 392 g/mol. The standard InChI is InChI=1S/C24H30N4O3/c1-19-8-10-22(31-2)20(18-19)9-11-23(29)25-26-24(30)12-13-27-14-16-28(17-15-27)21-6-4-3-5-7-21/h3-11,18H,12-17H2,1-2H3,(H,25,29)(H,26,30)/b11-9+. The first-order valence-electron chi connectivity index (χ1n) is 10.5. The van der Waals surface area contributed by atoms with Gasteiger partial charge in [0.1, 0.15) is 5.75 Å². The second-order valence-electron chi connectivity index (χ2n) is 7.53. The lowest BCUT2D eigenvalue weighted by Gasteiger charge is -2.36. The van der Waals surface area contributed by atoms with E-state index in [9.17, 15) is 9.59 Å². The van der Waals surface area contributed by atoms with Gasteiger partial charge in [-0.15, -0.1) is 0 Å². The number of rotatable bonds is 7. The second-order valence-corrected chi connectivity index (χ2v) is 7.53. The van der Waals surface area contributed by atoms with Crippen molar-refractivity contribution < 1.29 is 14.3 Å². The molecule has 1 heterocycles. The predicted octanol–water partition coefficient (Wildman–Crippen LogP) is 2.38. The third-order valence-corrected chi connectivity index (χ3v) is 5.27. The van der Waals surface area contributed by atoms with Crippen LogP contribution in [0.4, 0.5) is 5.69 Å². The summed E-state index contributed by atoms with van der Waals surface area (Å²) < 4.78 is 5.29.